The number of benzene rings is 1. The summed E-state index contributed by atoms with van der Waals surface area (Å²) in [4.78, 5) is 26.7. The highest BCUT2D eigenvalue weighted by Gasteiger charge is 2.47. The Hall–Kier alpha value is -3.41. The van der Waals surface area contributed by atoms with Gasteiger partial charge in [0.1, 0.15) is 0 Å². The summed E-state index contributed by atoms with van der Waals surface area (Å²) in [5.41, 5.74) is 7.30. The number of carbonyl (C=O) groups is 1. The first-order chi connectivity index (χ1) is 15.5. The first kappa shape index (κ1) is 19.3. The second-order valence-electron chi connectivity index (χ2n) is 9.19. The number of aryl methyl sites for hydroxylation is 1. The average molecular weight is 426 g/mol. The van der Waals surface area contributed by atoms with Gasteiger partial charge in [0, 0.05) is 36.7 Å². The minimum atomic E-state index is 0.0395. The average Bonchev–Trinajstić information content (AvgIpc) is 3.47. The van der Waals surface area contributed by atoms with Crippen LogP contribution in [0.25, 0.3) is 11.3 Å². The first-order valence-corrected chi connectivity index (χ1v) is 11.4. The van der Waals surface area contributed by atoms with Gasteiger partial charge < -0.3 is 9.47 Å². The summed E-state index contributed by atoms with van der Waals surface area (Å²) >= 11 is 0. The third-order valence-electron chi connectivity index (χ3n) is 7.15. The summed E-state index contributed by atoms with van der Waals surface area (Å²) in [6.45, 7) is 4.87. The van der Waals surface area contributed by atoms with E-state index in [4.69, 9.17) is 4.99 Å². The molecule has 0 unspecified atom stereocenters. The molecule has 162 valence electrons. The largest absolute Gasteiger partial charge is 0.344 e. The van der Waals surface area contributed by atoms with E-state index < -0.39 is 0 Å². The van der Waals surface area contributed by atoms with Gasteiger partial charge in [0.05, 0.1) is 29.0 Å². The van der Waals surface area contributed by atoms with Crippen LogP contribution in [0.2, 0.25) is 0 Å². The lowest BCUT2D eigenvalue weighted by Gasteiger charge is -2.35. The van der Waals surface area contributed by atoms with Crippen LogP contribution < -0.4 is 4.90 Å². The molecule has 1 amide bonds. The molecule has 1 aromatic carbocycles. The van der Waals surface area contributed by atoms with Gasteiger partial charge >= 0.3 is 0 Å². The Morgan fingerprint density at radius 1 is 1.06 bits per heavy atom. The monoisotopic (exact) mass is 425 g/mol. The fraction of sp³-hybridized carbons (Fsp3) is 0.346. The minimum Gasteiger partial charge on any atom is -0.344 e. The molecule has 2 atom stereocenters. The van der Waals surface area contributed by atoms with Crippen molar-refractivity contribution in [3.63, 3.8) is 0 Å². The Morgan fingerprint density at radius 2 is 1.88 bits per heavy atom. The molecule has 6 heteroatoms. The second-order valence-corrected chi connectivity index (χ2v) is 9.19. The van der Waals surface area contributed by atoms with E-state index in [0.717, 1.165) is 59.2 Å². The summed E-state index contributed by atoms with van der Waals surface area (Å²) in [6, 6.07) is 15.4. The van der Waals surface area contributed by atoms with Gasteiger partial charge in [0.2, 0.25) is 5.96 Å². The van der Waals surface area contributed by atoms with Crippen molar-refractivity contribution in [2.75, 3.05) is 11.9 Å². The molecule has 6 rings (SSSR count). The van der Waals surface area contributed by atoms with Crippen LogP contribution in [0.1, 0.15) is 46.6 Å². The van der Waals surface area contributed by atoms with E-state index in [1.54, 1.807) is 4.90 Å². The van der Waals surface area contributed by atoms with Gasteiger partial charge in [-0.25, -0.2) is 4.99 Å². The Morgan fingerprint density at radius 3 is 2.66 bits per heavy atom. The quantitative estimate of drug-likeness (QED) is 0.625. The Labute approximate surface area is 188 Å². The highest BCUT2D eigenvalue weighted by atomic mass is 16.2. The van der Waals surface area contributed by atoms with Gasteiger partial charge in [-0.1, -0.05) is 30.3 Å². The highest BCUT2D eigenvalue weighted by molar-refractivity contribution is 6.20. The molecule has 1 fully saturated rings. The van der Waals surface area contributed by atoms with Crippen molar-refractivity contribution in [2.45, 2.75) is 51.7 Å². The topological polar surface area (TPSA) is 53.7 Å². The maximum atomic E-state index is 13.1. The van der Waals surface area contributed by atoms with Crippen molar-refractivity contribution >= 4 is 17.6 Å². The molecule has 1 aliphatic carbocycles. The number of fused-ring (bicyclic) bond motifs is 5. The third-order valence-corrected chi connectivity index (χ3v) is 7.15. The van der Waals surface area contributed by atoms with E-state index in [1.165, 1.54) is 12.0 Å². The second kappa shape index (κ2) is 7.05. The van der Waals surface area contributed by atoms with E-state index in [-0.39, 0.29) is 5.91 Å². The number of rotatable bonds is 3. The zero-order valence-corrected chi connectivity index (χ0v) is 18.7. The highest BCUT2D eigenvalue weighted by Crippen LogP contribution is 2.42. The maximum absolute atomic E-state index is 13.1. The molecular weight excluding hydrogens is 398 g/mol. The SMILES string of the molecule is Cc1cccc(-c2ccc(Cn3cc4c(c3C)N3C(=N[C@@H]5CCC[C@@H]53)N(C)C4=O)cc2)n1. The van der Waals surface area contributed by atoms with E-state index in [0.29, 0.717) is 12.1 Å². The lowest BCUT2D eigenvalue weighted by Crippen LogP contribution is -2.51. The van der Waals surface area contributed by atoms with Gasteiger partial charge in [-0.2, -0.15) is 0 Å². The van der Waals surface area contributed by atoms with Crippen molar-refractivity contribution in [2.24, 2.45) is 4.99 Å². The van der Waals surface area contributed by atoms with Crippen molar-refractivity contribution in [1.29, 1.82) is 0 Å². The first-order valence-electron chi connectivity index (χ1n) is 11.4. The van der Waals surface area contributed by atoms with Crippen LogP contribution in [0.3, 0.4) is 0 Å². The van der Waals surface area contributed by atoms with Crippen LogP contribution in [-0.2, 0) is 6.54 Å². The van der Waals surface area contributed by atoms with Crippen molar-refractivity contribution < 1.29 is 4.79 Å². The van der Waals surface area contributed by atoms with Crippen LogP contribution in [0.4, 0.5) is 5.69 Å². The molecule has 0 radical (unpaired) electrons. The number of guanidine groups is 1. The predicted octanol–water partition coefficient (Wildman–Crippen LogP) is 4.40. The van der Waals surface area contributed by atoms with Crippen LogP contribution in [0.15, 0.2) is 53.7 Å². The molecule has 3 aromatic rings. The molecule has 3 aliphatic rings. The maximum Gasteiger partial charge on any atom is 0.264 e. The normalized spacial score (nSPS) is 21.5. The summed E-state index contributed by atoms with van der Waals surface area (Å²) in [6.07, 6.45) is 5.48. The molecule has 0 saturated heterocycles. The number of hydrogen-bond donors (Lipinski definition) is 0. The van der Waals surface area contributed by atoms with E-state index >= 15 is 0 Å². The van der Waals surface area contributed by atoms with E-state index in [2.05, 4.69) is 45.6 Å². The van der Waals surface area contributed by atoms with Crippen LogP contribution in [0, 0.1) is 13.8 Å². The molecule has 2 aliphatic heterocycles. The predicted molar refractivity (Wildman–Crippen MR) is 126 cm³/mol. The third kappa shape index (κ3) is 2.82. The standard InChI is InChI=1S/C26H27N5O/c1-16-6-4-7-21(27-16)19-12-10-18(11-13-19)14-30-15-20-24(17(30)2)31-23-9-5-8-22(23)28-26(31)29(3)25(20)32/h4,6-7,10-13,15,22-23H,5,8-9,14H2,1-3H3/t22-,23+/m1/s1. The molecular formula is C26H27N5O. The summed E-state index contributed by atoms with van der Waals surface area (Å²) in [7, 11) is 1.85. The van der Waals surface area contributed by atoms with Gasteiger partial charge in [-0.05, 0) is 50.8 Å². The van der Waals surface area contributed by atoms with Crippen molar-refractivity contribution in [3.05, 3.63) is 71.2 Å². The van der Waals surface area contributed by atoms with Crippen molar-refractivity contribution in [1.82, 2.24) is 14.5 Å². The van der Waals surface area contributed by atoms with Gasteiger partial charge in [-0.15, -0.1) is 0 Å². The molecule has 2 aromatic heterocycles. The zero-order valence-electron chi connectivity index (χ0n) is 18.7. The minimum absolute atomic E-state index is 0.0395. The van der Waals surface area contributed by atoms with Gasteiger partial charge in [0.15, 0.2) is 0 Å². The van der Waals surface area contributed by atoms with E-state index in [9.17, 15) is 4.79 Å². The molecule has 4 heterocycles. The number of carbonyl (C=O) groups excluding carboxylic acids is 1. The number of nitrogens with zero attached hydrogens (tertiary/aromatic N) is 5. The Balaban J connectivity index is 1.33. The molecule has 32 heavy (non-hydrogen) atoms. The lowest BCUT2D eigenvalue weighted by molar-refractivity contribution is 0.0865. The number of amides is 1. The van der Waals surface area contributed by atoms with Crippen LogP contribution in [0.5, 0.6) is 0 Å². The van der Waals surface area contributed by atoms with Gasteiger partial charge in [0.25, 0.3) is 5.91 Å². The fourth-order valence-electron chi connectivity index (χ4n) is 5.47. The fourth-order valence-corrected chi connectivity index (χ4v) is 5.47. The number of aromatic nitrogens is 2. The zero-order chi connectivity index (χ0) is 22.0. The molecule has 6 nitrogen and oxygen atoms in total. The number of aliphatic imine (C=N–C) groups is 1. The van der Waals surface area contributed by atoms with Crippen LogP contribution in [-0.4, -0.2) is 45.4 Å². The Kier molecular flexibility index (Phi) is 4.25. The number of hydrogen-bond acceptors (Lipinski definition) is 4. The number of pyridine rings is 1. The van der Waals surface area contributed by atoms with E-state index in [1.807, 2.05) is 38.4 Å². The smallest absolute Gasteiger partial charge is 0.264 e. The lowest BCUT2D eigenvalue weighted by atomic mass is 10.1. The summed E-state index contributed by atoms with van der Waals surface area (Å²) in [5.74, 6) is 0.866. The van der Waals surface area contributed by atoms with Crippen LogP contribution >= 0.6 is 0 Å². The van der Waals surface area contributed by atoms with Crippen molar-refractivity contribution in [3.8, 4) is 11.3 Å². The number of anilines is 1. The summed E-state index contributed by atoms with van der Waals surface area (Å²) in [5, 5.41) is 0. The molecule has 0 bridgehead atoms. The molecule has 0 N–H and O–H groups in total. The van der Waals surface area contributed by atoms with Gasteiger partial charge in [-0.3, -0.25) is 14.7 Å². The summed E-state index contributed by atoms with van der Waals surface area (Å²) < 4.78 is 2.21. The molecule has 0 spiro atoms. The molecule has 1 saturated carbocycles. The Bertz CT molecular complexity index is 1260.